The van der Waals surface area contributed by atoms with Crippen LogP contribution in [0.25, 0.3) is 22.3 Å². The summed E-state index contributed by atoms with van der Waals surface area (Å²) in [5.41, 5.74) is 1.14. The van der Waals surface area contributed by atoms with E-state index in [1.54, 1.807) is 12.3 Å². The van der Waals surface area contributed by atoms with Crippen LogP contribution < -0.4 is 5.32 Å². The van der Waals surface area contributed by atoms with Crippen LogP contribution in [0, 0.1) is 5.82 Å². The third kappa shape index (κ3) is 2.34. The first-order valence-corrected chi connectivity index (χ1v) is 6.63. The number of rotatable bonds is 4. The lowest BCUT2D eigenvalue weighted by Gasteiger charge is -2.06. The van der Waals surface area contributed by atoms with Crippen LogP contribution in [0.2, 0.25) is 0 Å². The van der Waals surface area contributed by atoms with Gasteiger partial charge in [-0.25, -0.2) is 4.39 Å². The predicted molar refractivity (Wildman–Crippen MR) is 75.8 cm³/mol. The third-order valence-electron chi connectivity index (χ3n) is 3.18. The molecule has 0 aliphatic carbocycles. The summed E-state index contributed by atoms with van der Waals surface area (Å²) in [5, 5.41) is 4.05. The molecule has 2 heterocycles. The first-order chi connectivity index (χ1) is 9.65. The van der Waals surface area contributed by atoms with E-state index in [-0.39, 0.29) is 11.4 Å². The van der Waals surface area contributed by atoms with Gasteiger partial charge < -0.3 is 14.2 Å². The highest BCUT2D eigenvalue weighted by Crippen LogP contribution is 2.31. The molecule has 4 heteroatoms. The maximum Gasteiger partial charge on any atom is 0.170 e. The Kier molecular flexibility index (Phi) is 3.32. The van der Waals surface area contributed by atoms with Gasteiger partial charge >= 0.3 is 0 Å². The van der Waals surface area contributed by atoms with Crippen LogP contribution in [0.4, 0.5) is 4.39 Å². The van der Waals surface area contributed by atoms with Gasteiger partial charge in [0.2, 0.25) is 0 Å². The fraction of sp³-hybridized carbons (Fsp3) is 0.250. The van der Waals surface area contributed by atoms with E-state index in [0.29, 0.717) is 18.3 Å². The van der Waals surface area contributed by atoms with Crippen molar-refractivity contribution in [1.82, 2.24) is 5.32 Å². The van der Waals surface area contributed by atoms with Crippen LogP contribution in [-0.4, -0.2) is 6.04 Å². The van der Waals surface area contributed by atoms with Crippen LogP contribution in [0.3, 0.4) is 0 Å². The van der Waals surface area contributed by atoms with Gasteiger partial charge in [-0.15, -0.1) is 0 Å². The maximum atomic E-state index is 13.7. The Morgan fingerprint density at radius 2 is 2.10 bits per heavy atom. The highest BCUT2D eigenvalue weighted by molar-refractivity contribution is 5.83. The van der Waals surface area contributed by atoms with Crippen molar-refractivity contribution >= 4 is 11.0 Å². The number of benzene rings is 1. The topological polar surface area (TPSA) is 38.3 Å². The molecule has 20 heavy (non-hydrogen) atoms. The zero-order valence-corrected chi connectivity index (χ0v) is 11.4. The summed E-state index contributed by atoms with van der Waals surface area (Å²) in [6.07, 6.45) is 1.62. The highest BCUT2D eigenvalue weighted by Gasteiger charge is 2.15. The molecular weight excluding hydrogens is 257 g/mol. The van der Waals surface area contributed by atoms with E-state index in [9.17, 15) is 4.39 Å². The molecule has 0 spiro atoms. The SMILES string of the molecule is CC(C)NCc1occc1-c1cc2cccc(F)c2o1. The molecule has 3 nitrogen and oxygen atoms in total. The van der Waals surface area contributed by atoms with Crippen LogP contribution in [0.5, 0.6) is 0 Å². The normalized spacial score (nSPS) is 11.6. The van der Waals surface area contributed by atoms with Crippen LogP contribution in [0.1, 0.15) is 19.6 Å². The summed E-state index contributed by atoms with van der Waals surface area (Å²) in [7, 11) is 0. The quantitative estimate of drug-likeness (QED) is 0.769. The Morgan fingerprint density at radius 1 is 1.25 bits per heavy atom. The summed E-state index contributed by atoms with van der Waals surface area (Å²) in [4.78, 5) is 0. The first-order valence-electron chi connectivity index (χ1n) is 6.63. The Hall–Kier alpha value is -2.07. The number of para-hydroxylation sites is 1. The number of furan rings is 2. The molecule has 0 atom stereocenters. The van der Waals surface area contributed by atoms with Gasteiger partial charge in [-0.05, 0) is 18.2 Å². The van der Waals surface area contributed by atoms with Crippen molar-refractivity contribution in [1.29, 1.82) is 0 Å². The molecule has 2 aromatic heterocycles. The third-order valence-corrected chi connectivity index (χ3v) is 3.18. The molecule has 0 radical (unpaired) electrons. The predicted octanol–water partition coefficient (Wildman–Crippen LogP) is 4.33. The van der Waals surface area contributed by atoms with E-state index < -0.39 is 0 Å². The fourth-order valence-electron chi connectivity index (χ4n) is 2.15. The summed E-state index contributed by atoms with van der Waals surface area (Å²) in [6, 6.07) is 8.94. The average Bonchev–Trinajstić information content (AvgIpc) is 3.02. The van der Waals surface area contributed by atoms with Gasteiger partial charge in [-0.2, -0.15) is 0 Å². The molecule has 3 rings (SSSR count). The summed E-state index contributed by atoms with van der Waals surface area (Å²) in [5.74, 6) is 1.07. The number of fused-ring (bicyclic) bond motifs is 1. The second kappa shape index (κ2) is 5.13. The monoisotopic (exact) mass is 273 g/mol. The maximum absolute atomic E-state index is 13.7. The lowest BCUT2D eigenvalue weighted by Crippen LogP contribution is -2.21. The van der Waals surface area contributed by atoms with Gasteiger partial charge in [0, 0.05) is 11.4 Å². The molecule has 1 N–H and O–H groups in total. The average molecular weight is 273 g/mol. The highest BCUT2D eigenvalue weighted by atomic mass is 19.1. The van der Waals surface area contributed by atoms with Crippen molar-refractivity contribution in [3.63, 3.8) is 0 Å². The molecule has 1 aromatic carbocycles. The van der Waals surface area contributed by atoms with Gasteiger partial charge in [0.15, 0.2) is 11.4 Å². The van der Waals surface area contributed by atoms with Crippen molar-refractivity contribution in [2.45, 2.75) is 26.4 Å². The molecule has 0 bridgehead atoms. The van der Waals surface area contributed by atoms with Gasteiger partial charge in [-0.1, -0.05) is 26.0 Å². The Morgan fingerprint density at radius 3 is 2.85 bits per heavy atom. The number of hydrogen-bond acceptors (Lipinski definition) is 3. The standard InChI is InChI=1S/C16H16FNO2/c1-10(2)18-9-15-12(6-7-19-15)14-8-11-4-3-5-13(17)16(11)20-14/h3-8,10,18H,9H2,1-2H3. The van der Waals surface area contributed by atoms with Gasteiger partial charge in [-0.3, -0.25) is 0 Å². The zero-order valence-electron chi connectivity index (χ0n) is 11.4. The number of halogens is 1. The first kappa shape index (κ1) is 12.9. The molecule has 104 valence electrons. The second-order valence-electron chi connectivity index (χ2n) is 5.06. The smallest absolute Gasteiger partial charge is 0.170 e. The molecular formula is C16H16FNO2. The van der Waals surface area contributed by atoms with Crippen LogP contribution in [-0.2, 0) is 6.54 Å². The Bertz CT molecular complexity index is 727. The van der Waals surface area contributed by atoms with Crippen molar-refractivity contribution in [2.24, 2.45) is 0 Å². The minimum Gasteiger partial charge on any atom is -0.467 e. The van der Waals surface area contributed by atoms with Crippen molar-refractivity contribution in [3.05, 3.63) is 48.2 Å². The van der Waals surface area contributed by atoms with Gasteiger partial charge in [0.05, 0.1) is 18.4 Å². The van der Waals surface area contributed by atoms with E-state index in [0.717, 1.165) is 16.7 Å². The summed E-state index contributed by atoms with van der Waals surface area (Å²) < 4.78 is 24.8. The van der Waals surface area contributed by atoms with Gasteiger partial charge in [0.1, 0.15) is 11.5 Å². The molecule has 3 aromatic rings. The van der Waals surface area contributed by atoms with Crippen molar-refractivity contribution in [3.8, 4) is 11.3 Å². The van der Waals surface area contributed by atoms with Crippen molar-refractivity contribution < 1.29 is 13.2 Å². The lowest BCUT2D eigenvalue weighted by atomic mass is 10.1. The van der Waals surface area contributed by atoms with E-state index >= 15 is 0 Å². The number of nitrogens with one attached hydrogen (secondary N) is 1. The summed E-state index contributed by atoms with van der Waals surface area (Å²) >= 11 is 0. The van der Waals surface area contributed by atoms with E-state index in [1.807, 2.05) is 18.2 Å². The largest absolute Gasteiger partial charge is 0.467 e. The zero-order chi connectivity index (χ0) is 14.1. The molecule has 0 unspecified atom stereocenters. The van der Waals surface area contributed by atoms with Gasteiger partial charge in [0.25, 0.3) is 0 Å². The minimum atomic E-state index is -0.348. The van der Waals surface area contributed by atoms with E-state index in [2.05, 4.69) is 19.2 Å². The molecule has 0 aliphatic heterocycles. The van der Waals surface area contributed by atoms with E-state index in [4.69, 9.17) is 8.83 Å². The van der Waals surface area contributed by atoms with Crippen molar-refractivity contribution in [2.75, 3.05) is 0 Å². The van der Waals surface area contributed by atoms with E-state index in [1.165, 1.54) is 6.07 Å². The molecule has 0 fully saturated rings. The minimum absolute atomic E-state index is 0.284. The molecule has 0 saturated carbocycles. The summed E-state index contributed by atoms with van der Waals surface area (Å²) in [6.45, 7) is 4.75. The molecule has 0 saturated heterocycles. The molecule has 0 aliphatic rings. The Labute approximate surface area is 116 Å². The Balaban J connectivity index is 1.99. The fourth-order valence-corrected chi connectivity index (χ4v) is 2.15. The second-order valence-corrected chi connectivity index (χ2v) is 5.06. The van der Waals surface area contributed by atoms with Crippen LogP contribution in [0.15, 0.2) is 45.4 Å². The lowest BCUT2D eigenvalue weighted by molar-refractivity contribution is 0.464. The number of hydrogen-bond donors (Lipinski definition) is 1. The van der Waals surface area contributed by atoms with Crippen LogP contribution >= 0.6 is 0 Å². The molecule has 0 amide bonds.